The van der Waals surface area contributed by atoms with E-state index in [1.165, 1.54) is 4.90 Å². The summed E-state index contributed by atoms with van der Waals surface area (Å²) in [5.41, 5.74) is 3.59. The van der Waals surface area contributed by atoms with Crippen LogP contribution in [0.3, 0.4) is 0 Å². The molecule has 196 valence electrons. The van der Waals surface area contributed by atoms with Gasteiger partial charge in [-0.15, -0.1) is 0 Å². The maximum atomic E-state index is 13.8. The van der Waals surface area contributed by atoms with Gasteiger partial charge in [0.1, 0.15) is 17.7 Å². The smallest absolute Gasteiger partial charge is 0.408 e. The third kappa shape index (κ3) is 8.40. The molecule has 2 atom stereocenters. The van der Waals surface area contributed by atoms with Gasteiger partial charge >= 0.3 is 6.09 Å². The van der Waals surface area contributed by atoms with Gasteiger partial charge in [-0.2, -0.15) is 0 Å². The van der Waals surface area contributed by atoms with Crippen molar-refractivity contribution in [2.45, 2.75) is 79.5 Å². The molecule has 0 radical (unpaired) electrons. The molecule has 2 aromatic carbocycles. The lowest BCUT2D eigenvalue weighted by atomic mass is 9.97. The number of carbonyl (C=O) groups is 3. The number of para-hydroxylation sites is 1. The zero-order valence-corrected chi connectivity index (χ0v) is 23.1. The fourth-order valence-electron chi connectivity index (χ4n) is 4.15. The lowest BCUT2D eigenvalue weighted by molar-refractivity contribution is -0.139. The maximum absolute atomic E-state index is 13.8. The molecule has 7 heteroatoms. The first kappa shape index (κ1) is 28.9. The number of nitrogens with one attached hydrogen (secondary N) is 2. The number of nitrogens with zero attached hydrogens (tertiary/aromatic N) is 1. The highest BCUT2D eigenvalue weighted by atomic mass is 16.6. The van der Waals surface area contributed by atoms with E-state index < -0.39 is 23.8 Å². The molecule has 0 fully saturated rings. The van der Waals surface area contributed by atoms with E-state index >= 15 is 0 Å². The van der Waals surface area contributed by atoms with Crippen molar-refractivity contribution in [2.24, 2.45) is 5.92 Å². The second-order valence-electron chi connectivity index (χ2n) is 10.9. The molecule has 2 rings (SSSR count). The molecule has 0 saturated carbocycles. The first-order valence-electron chi connectivity index (χ1n) is 12.4. The number of likely N-dealkylation sites (N-methyl/N-ethyl adjacent to an activating group) is 1. The van der Waals surface area contributed by atoms with Crippen LogP contribution in [-0.4, -0.2) is 41.5 Å². The molecule has 0 aliphatic rings. The Balaban J connectivity index is 2.44. The lowest BCUT2D eigenvalue weighted by Crippen LogP contribution is -2.51. The molecular weight excluding hydrogens is 454 g/mol. The average molecular weight is 496 g/mol. The third-order valence-electron chi connectivity index (χ3n) is 5.64. The van der Waals surface area contributed by atoms with Crippen molar-refractivity contribution >= 4 is 23.6 Å². The van der Waals surface area contributed by atoms with Crippen molar-refractivity contribution in [3.8, 4) is 0 Å². The normalized spacial score (nSPS) is 13.1. The fourth-order valence-corrected chi connectivity index (χ4v) is 4.15. The minimum absolute atomic E-state index is 0.128. The first-order valence-corrected chi connectivity index (χ1v) is 12.4. The standard InChI is InChI=1S/C29H41N3O4/c1-18(2)14-24(31-28(35)36-29(6,7)8)27(34)32(9)25(22-16-19(3)15-20(4)17-22)26(33)30-23-13-11-10-12-21(23)5/h10-13,15-18,24-25H,14H2,1-9H3,(H,30,33)(H,31,35). The van der Waals surface area contributed by atoms with E-state index in [-0.39, 0.29) is 17.7 Å². The Morgan fingerprint density at radius 3 is 2.08 bits per heavy atom. The molecule has 0 spiro atoms. The van der Waals surface area contributed by atoms with Gasteiger partial charge in [0.2, 0.25) is 5.91 Å². The fraction of sp³-hybridized carbons (Fsp3) is 0.483. The summed E-state index contributed by atoms with van der Waals surface area (Å²) in [5, 5.41) is 5.72. The summed E-state index contributed by atoms with van der Waals surface area (Å²) >= 11 is 0. The zero-order chi connectivity index (χ0) is 27.2. The van der Waals surface area contributed by atoms with Crippen LogP contribution >= 0.6 is 0 Å². The van der Waals surface area contributed by atoms with E-state index in [1.807, 2.05) is 77.1 Å². The molecule has 2 unspecified atom stereocenters. The van der Waals surface area contributed by atoms with Gasteiger partial charge in [-0.25, -0.2) is 4.79 Å². The van der Waals surface area contributed by atoms with Gasteiger partial charge in [-0.3, -0.25) is 9.59 Å². The van der Waals surface area contributed by atoms with Crippen molar-refractivity contribution in [1.29, 1.82) is 0 Å². The molecule has 2 N–H and O–H groups in total. The SMILES string of the molecule is Cc1cc(C)cc(C(C(=O)Nc2ccccc2C)N(C)C(=O)C(CC(C)C)NC(=O)OC(C)(C)C)c1. The maximum Gasteiger partial charge on any atom is 0.408 e. The molecular formula is C29H41N3O4. The number of alkyl carbamates (subject to hydrolysis) is 1. The van der Waals surface area contributed by atoms with Crippen LogP contribution < -0.4 is 10.6 Å². The molecule has 3 amide bonds. The molecule has 0 aliphatic heterocycles. The summed E-state index contributed by atoms with van der Waals surface area (Å²) in [7, 11) is 1.60. The second kappa shape index (κ2) is 12.1. The topological polar surface area (TPSA) is 87.7 Å². The molecule has 0 aliphatic carbocycles. The number of aryl methyl sites for hydroxylation is 3. The molecule has 36 heavy (non-hydrogen) atoms. The average Bonchev–Trinajstić information content (AvgIpc) is 2.72. The summed E-state index contributed by atoms with van der Waals surface area (Å²) in [6.45, 7) is 15.1. The van der Waals surface area contributed by atoms with Gasteiger partial charge < -0.3 is 20.3 Å². The number of carbonyl (C=O) groups excluding carboxylic acids is 3. The van der Waals surface area contributed by atoms with E-state index in [4.69, 9.17) is 4.74 Å². The van der Waals surface area contributed by atoms with Gasteiger partial charge in [0.25, 0.3) is 5.91 Å². The number of hydrogen-bond acceptors (Lipinski definition) is 4. The van der Waals surface area contributed by atoms with Gasteiger partial charge in [0.05, 0.1) is 0 Å². The summed E-state index contributed by atoms with van der Waals surface area (Å²) in [6.07, 6.45) is -0.260. The number of amides is 3. The number of benzene rings is 2. The summed E-state index contributed by atoms with van der Waals surface area (Å²) < 4.78 is 5.40. The van der Waals surface area contributed by atoms with E-state index in [2.05, 4.69) is 10.6 Å². The predicted octanol–water partition coefficient (Wildman–Crippen LogP) is 5.69. The Bertz CT molecular complexity index is 1070. The van der Waals surface area contributed by atoms with Gasteiger partial charge in [0, 0.05) is 12.7 Å². The van der Waals surface area contributed by atoms with Crippen molar-refractivity contribution in [1.82, 2.24) is 10.2 Å². The van der Waals surface area contributed by atoms with Crippen molar-refractivity contribution in [3.63, 3.8) is 0 Å². The first-order chi connectivity index (χ1) is 16.7. The molecule has 2 aromatic rings. The largest absolute Gasteiger partial charge is 0.444 e. The highest BCUT2D eigenvalue weighted by molar-refractivity contribution is 5.99. The monoisotopic (exact) mass is 495 g/mol. The summed E-state index contributed by atoms with van der Waals surface area (Å²) in [4.78, 5) is 41.4. The van der Waals surface area contributed by atoms with Gasteiger partial charge in [-0.1, -0.05) is 61.4 Å². The zero-order valence-electron chi connectivity index (χ0n) is 23.1. The van der Waals surface area contributed by atoms with Crippen molar-refractivity contribution in [3.05, 3.63) is 64.7 Å². The van der Waals surface area contributed by atoms with Gasteiger partial charge in [-0.05, 0) is 71.1 Å². The van der Waals surface area contributed by atoms with E-state index in [0.29, 0.717) is 17.7 Å². The summed E-state index contributed by atoms with van der Waals surface area (Å²) in [5.74, 6) is -0.563. The van der Waals surface area contributed by atoms with E-state index in [0.717, 1.165) is 16.7 Å². The van der Waals surface area contributed by atoms with Crippen LogP contribution in [0.5, 0.6) is 0 Å². The van der Waals surface area contributed by atoms with Crippen molar-refractivity contribution < 1.29 is 19.1 Å². The quantitative estimate of drug-likeness (QED) is 0.492. The Morgan fingerprint density at radius 1 is 0.972 bits per heavy atom. The van der Waals surface area contributed by atoms with Crippen LogP contribution in [0.2, 0.25) is 0 Å². The Morgan fingerprint density at radius 2 is 1.56 bits per heavy atom. The van der Waals surface area contributed by atoms with E-state index in [1.54, 1.807) is 27.8 Å². The number of ether oxygens (including phenoxy) is 1. The Kier molecular flexibility index (Phi) is 9.68. The third-order valence-corrected chi connectivity index (χ3v) is 5.64. The summed E-state index contributed by atoms with van der Waals surface area (Å²) in [6, 6.07) is 11.6. The molecule has 0 heterocycles. The van der Waals surface area contributed by atoms with Crippen LogP contribution in [0.4, 0.5) is 10.5 Å². The highest BCUT2D eigenvalue weighted by Crippen LogP contribution is 2.26. The highest BCUT2D eigenvalue weighted by Gasteiger charge is 2.34. The minimum Gasteiger partial charge on any atom is -0.444 e. The molecule has 0 bridgehead atoms. The molecule has 0 aromatic heterocycles. The number of hydrogen-bond donors (Lipinski definition) is 2. The van der Waals surface area contributed by atoms with Crippen LogP contribution in [0.25, 0.3) is 0 Å². The van der Waals surface area contributed by atoms with Gasteiger partial charge in [0.15, 0.2) is 0 Å². The molecule has 0 saturated heterocycles. The minimum atomic E-state index is -0.897. The number of rotatable bonds is 8. The van der Waals surface area contributed by atoms with Crippen LogP contribution in [0.1, 0.15) is 69.3 Å². The molecule has 7 nitrogen and oxygen atoms in total. The van der Waals surface area contributed by atoms with Crippen molar-refractivity contribution in [2.75, 3.05) is 12.4 Å². The second-order valence-corrected chi connectivity index (χ2v) is 10.9. The van der Waals surface area contributed by atoms with Crippen LogP contribution in [0.15, 0.2) is 42.5 Å². The lowest BCUT2D eigenvalue weighted by Gasteiger charge is -2.32. The predicted molar refractivity (Wildman–Crippen MR) is 144 cm³/mol. The Labute approximate surface area is 215 Å². The Hall–Kier alpha value is -3.35. The van der Waals surface area contributed by atoms with Crippen LogP contribution in [0, 0.1) is 26.7 Å². The number of anilines is 1. The van der Waals surface area contributed by atoms with E-state index in [9.17, 15) is 14.4 Å². The van der Waals surface area contributed by atoms with Crippen LogP contribution in [-0.2, 0) is 14.3 Å².